The summed E-state index contributed by atoms with van der Waals surface area (Å²) >= 11 is 0. The third-order valence-corrected chi connectivity index (χ3v) is 3.25. The lowest BCUT2D eigenvalue weighted by molar-refractivity contribution is 0.0942. The normalized spacial score (nSPS) is 10.6. The average Bonchev–Trinajstić information content (AvgIpc) is 2.71. The van der Waals surface area contributed by atoms with Crippen LogP contribution in [0.3, 0.4) is 0 Å². The predicted octanol–water partition coefficient (Wildman–Crippen LogP) is 1.80. The molecule has 0 bridgehead atoms. The molecule has 0 spiro atoms. The Morgan fingerprint density at radius 1 is 1.45 bits per heavy atom. The highest BCUT2D eigenvalue weighted by Crippen LogP contribution is 2.16. The number of carbonyl (C=O) groups excluding carboxylic acids is 1. The van der Waals surface area contributed by atoms with Gasteiger partial charge in [-0.2, -0.15) is 5.10 Å². The number of aromatic nitrogens is 2. The van der Waals surface area contributed by atoms with E-state index in [0.29, 0.717) is 24.3 Å². The van der Waals surface area contributed by atoms with Crippen molar-refractivity contribution >= 4 is 11.6 Å². The molecule has 1 amide bonds. The molecule has 3 N–H and O–H groups in total. The summed E-state index contributed by atoms with van der Waals surface area (Å²) in [6, 6.07) is 8.03. The Hall–Kier alpha value is -2.30. The van der Waals surface area contributed by atoms with E-state index in [9.17, 15) is 4.79 Å². The van der Waals surface area contributed by atoms with E-state index < -0.39 is 0 Å². The topological polar surface area (TPSA) is 72.9 Å². The Bertz CT molecular complexity index is 631. The molecular weight excluding hydrogens is 252 g/mol. The lowest BCUT2D eigenvalue weighted by Gasteiger charge is -2.07. The first-order valence-corrected chi connectivity index (χ1v) is 6.68. The smallest absolute Gasteiger partial charge is 0.271 e. The molecule has 0 saturated carbocycles. The monoisotopic (exact) mass is 272 g/mol. The minimum absolute atomic E-state index is 0.196. The molecule has 1 aromatic heterocycles. The van der Waals surface area contributed by atoms with E-state index in [1.54, 1.807) is 11.7 Å². The van der Waals surface area contributed by atoms with Gasteiger partial charge in [0.25, 0.3) is 5.91 Å². The third kappa shape index (κ3) is 2.82. The van der Waals surface area contributed by atoms with Crippen molar-refractivity contribution < 1.29 is 4.79 Å². The standard InChI is InChI=1S/C15H20N4O/c1-4-12-13(16)14(19(3)18-12)15(20)17-9-11-7-5-6-10(2)8-11/h5-8H,4,9,16H2,1-3H3,(H,17,20). The van der Waals surface area contributed by atoms with Crippen LogP contribution in [0.2, 0.25) is 0 Å². The Morgan fingerprint density at radius 2 is 2.20 bits per heavy atom. The van der Waals surface area contributed by atoms with Crippen molar-refractivity contribution in [2.75, 3.05) is 5.73 Å². The molecule has 20 heavy (non-hydrogen) atoms. The molecule has 0 unspecified atom stereocenters. The van der Waals surface area contributed by atoms with Gasteiger partial charge in [-0.15, -0.1) is 0 Å². The van der Waals surface area contributed by atoms with E-state index in [1.165, 1.54) is 5.56 Å². The Labute approximate surface area is 118 Å². The highest BCUT2D eigenvalue weighted by Gasteiger charge is 2.18. The van der Waals surface area contributed by atoms with Gasteiger partial charge >= 0.3 is 0 Å². The maximum absolute atomic E-state index is 12.2. The van der Waals surface area contributed by atoms with E-state index in [1.807, 2.05) is 38.1 Å². The molecule has 1 heterocycles. The molecule has 0 aliphatic heterocycles. The second-order valence-electron chi connectivity index (χ2n) is 4.86. The van der Waals surface area contributed by atoms with Gasteiger partial charge in [0.2, 0.25) is 0 Å². The van der Waals surface area contributed by atoms with E-state index in [2.05, 4.69) is 10.4 Å². The number of hydrogen-bond acceptors (Lipinski definition) is 3. The number of amides is 1. The number of nitrogen functional groups attached to an aromatic ring is 1. The van der Waals surface area contributed by atoms with Crippen LogP contribution in [0.4, 0.5) is 5.69 Å². The van der Waals surface area contributed by atoms with Crippen LogP contribution in [0.5, 0.6) is 0 Å². The minimum Gasteiger partial charge on any atom is -0.395 e. The zero-order valence-electron chi connectivity index (χ0n) is 12.1. The van der Waals surface area contributed by atoms with E-state index >= 15 is 0 Å². The first kappa shape index (κ1) is 14.1. The highest BCUT2D eigenvalue weighted by molar-refractivity contribution is 5.97. The molecule has 2 aromatic rings. The van der Waals surface area contributed by atoms with Crippen LogP contribution in [0.15, 0.2) is 24.3 Å². The number of anilines is 1. The predicted molar refractivity (Wildman–Crippen MR) is 79.3 cm³/mol. The number of aryl methyl sites for hydroxylation is 3. The first-order chi connectivity index (χ1) is 9.52. The molecule has 0 atom stereocenters. The van der Waals surface area contributed by atoms with E-state index in [-0.39, 0.29) is 5.91 Å². The second-order valence-corrected chi connectivity index (χ2v) is 4.86. The number of nitrogens with two attached hydrogens (primary N) is 1. The van der Waals surface area contributed by atoms with Gasteiger partial charge in [-0.3, -0.25) is 9.48 Å². The number of nitrogens with one attached hydrogen (secondary N) is 1. The highest BCUT2D eigenvalue weighted by atomic mass is 16.2. The molecule has 106 valence electrons. The van der Waals surface area contributed by atoms with Crippen molar-refractivity contribution in [3.8, 4) is 0 Å². The van der Waals surface area contributed by atoms with Crippen LogP contribution in [0.1, 0.15) is 34.2 Å². The Kier molecular flexibility index (Phi) is 4.08. The Morgan fingerprint density at radius 3 is 2.80 bits per heavy atom. The van der Waals surface area contributed by atoms with Gasteiger partial charge in [0.05, 0.1) is 11.4 Å². The van der Waals surface area contributed by atoms with E-state index in [0.717, 1.165) is 11.3 Å². The summed E-state index contributed by atoms with van der Waals surface area (Å²) in [6.07, 6.45) is 0.713. The summed E-state index contributed by atoms with van der Waals surface area (Å²) in [4.78, 5) is 12.2. The fourth-order valence-corrected chi connectivity index (χ4v) is 2.21. The number of rotatable bonds is 4. The third-order valence-electron chi connectivity index (χ3n) is 3.25. The summed E-state index contributed by atoms with van der Waals surface area (Å²) in [7, 11) is 1.73. The fourth-order valence-electron chi connectivity index (χ4n) is 2.21. The van der Waals surface area contributed by atoms with Crippen LogP contribution >= 0.6 is 0 Å². The summed E-state index contributed by atoms with van der Waals surface area (Å²) in [5.41, 5.74) is 9.85. The lowest BCUT2D eigenvalue weighted by atomic mass is 10.1. The largest absolute Gasteiger partial charge is 0.395 e. The molecule has 2 rings (SSSR count). The fraction of sp³-hybridized carbons (Fsp3) is 0.333. The number of benzene rings is 1. The molecule has 0 radical (unpaired) electrons. The molecule has 5 nitrogen and oxygen atoms in total. The first-order valence-electron chi connectivity index (χ1n) is 6.68. The Balaban J connectivity index is 2.11. The molecule has 1 aromatic carbocycles. The van der Waals surface area contributed by atoms with Gasteiger partial charge in [-0.25, -0.2) is 0 Å². The van der Waals surface area contributed by atoms with Crippen molar-refractivity contribution in [3.05, 3.63) is 46.8 Å². The maximum Gasteiger partial charge on any atom is 0.271 e. The molecule has 0 aliphatic rings. The molecule has 0 saturated heterocycles. The number of hydrogen-bond donors (Lipinski definition) is 2. The van der Waals surface area contributed by atoms with Crippen LogP contribution in [-0.2, 0) is 20.0 Å². The van der Waals surface area contributed by atoms with Gasteiger partial charge in [-0.1, -0.05) is 36.8 Å². The zero-order valence-corrected chi connectivity index (χ0v) is 12.1. The SMILES string of the molecule is CCc1nn(C)c(C(=O)NCc2cccc(C)c2)c1N. The van der Waals surface area contributed by atoms with Crippen molar-refractivity contribution in [3.63, 3.8) is 0 Å². The molecule has 5 heteroatoms. The summed E-state index contributed by atoms with van der Waals surface area (Å²) in [6.45, 7) is 4.47. The molecule has 0 fully saturated rings. The van der Waals surface area contributed by atoms with E-state index in [4.69, 9.17) is 5.73 Å². The average molecular weight is 272 g/mol. The van der Waals surface area contributed by atoms with Crippen LogP contribution in [-0.4, -0.2) is 15.7 Å². The minimum atomic E-state index is -0.196. The zero-order chi connectivity index (χ0) is 14.7. The van der Waals surface area contributed by atoms with Crippen molar-refractivity contribution in [2.45, 2.75) is 26.8 Å². The van der Waals surface area contributed by atoms with Gasteiger partial charge in [0, 0.05) is 13.6 Å². The van der Waals surface area contributed by atoms with Gasteiger partial charge in [0.15, 0.2) is 0 Å². The summed E-state index contributed by atoms with van der Waals surface area (Å²) in [5, 5.41) is 7.13. The number of carbonyl (C=O) groups is 1. The van der Waals surface area contributed by atoms with Crippen LogP contribution in [0.25, 0.3) is 0 Å². The second kappa shape index (κ2) is 5.77. The van der Waals surface area contributed by atoms with Gasteiger partial charge in [-0.05, 0) is 18.9 Å². The molecule has 0 aliphatic carbocycles. The summed E-state index contributed by atoms with van der Waals surface area (Å²) in [5.74, 6) is -0.196. The van der Waals surface area contributed by atoms with Crippen LogP contribution in [0, 0.1) is 6.92 Å². The molecular formula is C15H20N4O. The van der Waals surface area contributed by atoms with Crippen molar-refractivity contribution in [1.82, 2.24) is 15.1 Å². The van der Waals surface area contributed by atoms with Crippen LogP contribution < -0.4 is 11.1 Å². The van der Waals surface area contributed by atoms with Gasteiger partial charge < -0.3 is 11.1 Å². The summed E-state index contributed by atoms with van der Waals surface area (Å²) < 4.78 is 1.54. The maximum atomic E-state index is 12.2. The van der Waals surface area contributed by atoms with Crippen molar-refractivity contribution in [2.24, 2.45) is 7.05 Å². The quantitative estimate of drug-likeness (QED) is 0.891. The number of nitrogens with zero attached hydrogens (tertiary/aromatic N) is 2. The lowest BCUT2D eigenvalue weighted by Crippen LogP contribution is -2.26. The van der Waals surface area contributed by atoms with Gasteiger partial charge in [0.1, 0.15) is 5.69 Å². The van der Waals surface area contributed by atoms with Crippen molar-refractivity contribution in [1.29, 1.82) is 0 Å².